The van der Waals surface area contributed by atoms with Crippen LogP contribution in [0.4, 0.5) is 0 Å². The van der Waals surface area contributed by atoms with E-state index in [-0.39, 0.29) is 5.91 Å². The van der Waals surface area contributed by atoms with Crippen LogP contribution in [0, 0.1) is 0 Å². The van der Waals surface area contributed by atoms with Crippen LogP contribution in [0.5, 0.6) is 5.75 Å². The highest BCUT2D eigenvalue weighted by molar-refractivity contribution is 6.35. The third kappa shape index (κ3) is 5.38. The number of ether oxygens (including phenoxy) is 1. The van der Waals surface area contributed by atoms with E-state index in [1.807, 2.05) is 17.9 Å². The van der Waals surface area contributed by atoms with E-state index in [0.717, 1.165) is 19.6 Å². The van der Waals surface area contributed by atoms with Gasteiger partial charge < -0.3 is 9.64 Å². The zero-order valence-corrected chi connectivity index (χ0v) is 16.9. The Balaban J connectivity index is 1.55. The molecule has 1 aliphatic heterocycles. The monoisotopic (exact) mass is 406 g/mol. The molecule has 6 heteroatoms. The molecule has 0 spiro atoms. The Labute approximate surface area is 170 Å². The molecule has 1 heterocycles. The number of benzene rings is 2. The van der Waals surface area contributed by atoms with Gasteiger partial charge in [-0.3, -0.25) is 9.69 Å². The maximum atomic E-state index is 12.9. The molecular weight excluding hydrogens is 383 g/mol. The van der Waals surface area contributed by atoms with Crippen molar-refractivity contribution in [2.45, 2.75) is 26.0 Å². The summed E-state index contributed by atoms with van der Waals surface area (Å²) < 4.78 is 5.89. The summed E-state index contributed by atoms with van der Waals surface area (Å²) in [5.74, 6) is 0.506. The first kappa shape index (κ1) is 20.0. The number of nitrogens with zero attached hydrogens (tertiary/aromatic N) is 2. The molecule has 0 N–H and O–H groups in total. The van der Waals surface area contributed by atoms with Crippen LogP contribution in [0.2, 0.25) is 10.0 Å². The molecule has 0 radical (unpaired) electrons. The Morgan fingerprint density at radius 2 is 1.78 bits per heavy atom. The summed E-state index contributed by atoms with van der Waals surface area (Å²) in [5, 5.41) is 0.961. The second kappa shape index (κ2) is 9.45. The van der Waals surface area contributed by atoms with Crippen molar-refractivity contribution in [2.75, 3.05) is 26.2 Å². The first-order valence-electron chi connectivity index (χ1n) is 9.23. The predicted octanol–water partition coefficient (Wildman–Crippen LogP) is 4.50. The number of amides is 1. The van der Waals surface area contributed by atoms with E-state index in [9.17, 15) is 4.79 Å². The second-order valence-corrected chi connectivity index (χ2v) is 7.52. The minimum atomic E-state index is -0.538. The number of carbonyl (C=O) groups is 1. The molecule has 1 atom stereocenters. The molecular formula is C21H24Cl2N2O2. The number of carbonyl (C=O) groups excluding carboxylic acids is 1. The van der Waals surface area contributed by atoms with Crippen molar-refractivity contribution in [3.63, 3.8) is 0 Å². The van der Waals surface area contributed by atoms with Gasteiger partial charge in [0.2, 0.25) is 0 Å². The summed E-state index contributed by atoms with van der Waals surface area (Å²) >= 11 is 12.1. The lowest BCUT2D eigenvalue weighted by Gasteiger charge is -2.36. The molecule has 0 bridgehead atoms. The Bertz CT molecular complexity index is 762. The normalized spacial score (nSPS) is 16.2. The third-order valence-electron chi connectivity index (χ3n) is 4.74. The van der Waals surface area contributed by atoms with Crippen LogP contribution in [0.25, 0.3) is 0 Å². The van der Waals surface area contributed by atoms with Gasteiger partial charge >= 0.3 is 0 Å². The van der Waals surface area contributed by atoms with Gasteiger partial charge in [-0.15, -0.1) is 0 Å². The smallest absolute Gasteiger partial charge is 0.263 e. The SMILES string of the molecule is CCC(Oc1ccc(Cl)cc1Cl)C(=O)N1CCN(Cc2ccccc2)CC1. The number of halogens is 2. The van der Waals surface area contributed by atoms with Gasteiger partial charge in [-0.25, -0.2) is 0 Å². The average molecular weight is 407 g/mol. The highest BCUT2D eigenvalue weighted by atomic mass is 35.5. The van der Waals surface area contributed by atoms with Crippen LogP contribution >= 0.6 is 23.2 Å². The van der Waals surface area contributed by atoms with E-state index >= 15 is 0 Å². The Kier molecular flexibility index (Phi) is 7.00. The predicted molar refractivity (Wildman–Crippen MR) is 109 cm³/mol. The molecule has 0 aliphatic carbocycles. The van der Waals surface area contributed by atoms with Gasteiger partial charge in [0.05, 0.1) is 5.02 Å². The first-order valence-corrected chi connectivity index (χ1v) is 9.99. The maximum Gasteiger partial charge on any atom is 0.263 e. The summed E-state index contributed by atoms with van der Waals surface area (Å²) in [6.07, 6.45) is 0.0477. The maximum absolute atomic E-state index is 12.9. The molecule has 1 aliphatic rings. The van der Waals surface area contributed by atoms with Crippen LogP contribution in [-0.2, 0) is 11.3 Å². The van der Waals surface area contributed by atoms with Crippen LogP contribution < -0.4 is 4.74 Å². The van der Waals surface area contributed by atoms with Crippen molar-refractivity contribution in [3.8, 4) is 5.75 Å². The highest BCUT2D eigenvalue weighted by Gasteiger charge is 2.28. The van der Waals surface area contributed by atoms with Crippen molar-refractivity contribution in [1.82, 2.24) is 9.80 Å². The van der Waals surface area contributed by atoms with Crippen LogP contribution in [0.15, 0.2) is 48.5 Å². The largest absolute Gasteiger partial charge is 0.479 e. The Morgan fingerprint density at radius 1 is 1.07 bits per heavy atom. The van der Waals surface area contributed by atoms with Crippen molar-refractivity contribution in [3.05, 3.63) is 64.1 Å². The minimum absolute atomic E-state index is 0.0166. The lowest BCUT2D eigenvalue weighted by Crippen LogP contribution is -2.52. The fraction of sp³-hybridized carbons (Fsp3) is 0.381. The molecule has 4 nitrogen and oxygen atoms in total. The van der Waals surface area contributed by atoms with E-state index in [1.54, 1.807) is 18.2 Å². The standard InChI is InChI=1S/C21H24Cl2N2O2/c1-2-19(27-20-9-8-17(22)14-18(20)23)21(26)25-12-10-24(11-13-25)15-16-6-4-3-5-7-16/h3-9,14,19H,2,10-13,15H2,1H3. The number of rotatable bonds is 6. The molecule has 144 valence electrons. The lowest BCUT2D eigenvalue weighted by molar-refractivity contribution is -0.140. The molecule has 2 aromatic carbocycles. The molecule has 27 heavy (non-hydrogen) atoms. The van der Waals surface area contributed by atoms with E-state index in [1.165, 1.54) is 5.56 Å². The van der Waals surface area contributed by atoms with Crippen molar-refractivity contribution >= 4 is 29.1 Å². The number of hydrogen-bond acceptors (Lipinski definition) is 3. The van der Waals surface area contributed by atoms with Gasteiger partial charge in [0, 0.05) is 37.7 Å². The molecule has 1 amide bonds. The van der Waals surface area contributed by atoms with Crippen molar-refractivity contribution < 1.29 is 9.53 Å². The molecule has 2 aromatic rings. The molecule has 1 saturated heterocycles. The quantitative estimate of drug-likeness (QED) is 0.707. The third-order valence-corrected chi connectivity index (χ3v) is 5.27. The number of hydrogen-bond donors (Lipinski definition) is 0. The summed E-state index contributed by atoms with van der Waals surface area (Å²) in [5.41, 5.74) is 1.30. The van der Waals surface area contributed by atoms with Gasteiger partial charge in [0.25, 0.3) is 5.91 Å². The fourth-order valence-electron chi connectivity index (χ4n) is 3.20. The van der Waals surface area contributed by atoms with E-state index in [4.69, 9.17) is 27.9 Å². The van der Waals surface area contributed by atoms with Crippen LogP contribution in [0.1, 0.15) is 18.9 Å². The zero-order valence-electron chi connectivity index (χ0n) is 15.4. The molecule has 3 rings (SSSR count). The Morgan fingerprint density at radius 3 is 2.41 bits per heavy atom. The van der Waals surface area contributed by atoms with Gasteiger partial charge in [-0.1, -0.05) is 60.5 Å². The molecule has 0 saturated carbocycles. The summed E-state index contributed by atoms with van der Waals surface area (Å²) in [4.78, 5) is 17.2. The van der Waals surface area contributed by atoms with Crippen LogP contribution in [0.3, 0.4) is 0 Å². The number of piperazine rings is 1. The lowest BCUT2D eigenvalue weighted by atomic mass is 10.1. The highest BCUT2D eigenvalue weighted by Crippen LogP contribution is 2.29. The van der Waals surface area contributed by atoms with Gasteiger partial charge in [0.1, 0.15) is 5.75 Å². The van der Waals surface area contributed by atoms with Gasteiger partial charge in [-0.05, 0) is 30.2 Å². The second-order valence-electron chi connectivity index (χ2n) is 6.68. The average Bonchev–Trinajstić information content (AvgIpc) is 2.68. The summed E-state index contributed by atoms with van der Waals surface area (Å²) in [7, 11) is 0. The zero-order chi connectivity index (χ0) is 19.2. The van der Waals surface area contributed by atoms with E-state index in [0.29, 0.717) is 35.3 Å². The van der Waals surface area contributed by atoms with Crippen molar-refractivity contribution in [2.24, 2.45) is 0 Å². The molecule has 1 fully saturated rings. The minimum Gasteiger partial charge on any atom is -0.479 e. The summed E-state index contributed by atoms with van der Waals surface area (Å²) in [6, 6.07) is 15.4. The summed E-state index contributed by atoms with van der Waals surface area (Å²) in [6.45, 7) is 5.99. The van der Waals surface area contributed by atoms with Crippen LogP contribution in [-0.4, -0.2) is 48.0 Å². The van der Waals surface area contributed by atoms with Gasteiger partial charge in [0.15, 0.2) is 6.10 Å². The van der Waals surface area contributed by atoms with Crippen molar-refractivity contribution in [1.29, 1.82) is 0 Å². The van der Waals surface area contributed by atoms with E-state index < -0.39 is 6.10 Å². The van der Waals surface area contributed by atoms with E-state index in [2.05, 4.69) is 29.2 Å². The Hall–Kier alpha value is -1.75. The van der Waals surface area contributed by atoms with Gasteiger partial charge in [-0.2, -0.15) is 0 Å². The topological polar surface area (TPSA) is 32.8 Å². The molecule has 1 unspecified atom stereocenters. The first-order chi connectivity index (χ1) is 13.1. The molecule has 0 aromatic heterocycles. The fourth-order valence-corrected chi connectivity index (χ4v) is 3.66.